The summed E-state index contributed by atoms with van der Waals surface area (Å²) in [6, 6.07) is 24.6. The maximum atomic E-state index is 13.1. The average Bonchev–Trinajstić information content (AvgIpc) is 3.20. The molecule has 0 spiro atoms. The predicted octanol–water partition coefficient (Wildman–Crippen LogP) is 4.22. The topological polar surface area (TPSA) is 64.0 Å². The summed E-state index contributed by atoms with van der Waals surface area (Å²) < 4.78 is 43.5. The molecule has 7 heteroatoms. The van der Waals surface area contributed by atoms with Crippen LogP contribution >= 0.6 is 0 Å². The molecule has 1 N–H and O–H groups in total. The standard InChI is InChI=1S/C23H20FN3O2S/c24-21-13-11-18(12-14-21)15-25-30(28,29)22-17-27(16-19-7-3-1-4-8-19)26-23(22)20-9-5-2-6-10-20/h1-14,17,25H,15-16H2. The van der Waals surface area contributed by atoms with Crippen LogP contribution in [0.25, 0.3) is 11.3 Å². The Kier molecular flexibility index (Phi) is 5.74. The van der Waals surface area contributed by atoms with E-state index in [1.54, 1.807) is 23.0 Å². The molecular formula is C23H20FN3O2S. The van der Waals surface area contributed by atoms with Crippen LogP contribution in [-0.2, 0) is 23.1 Å². The Hall–Kier alpha value is -3.29. The van der Waals surface area contributed by atoms with Gasteiger partial charge in [-0.05, 0) is 23.3 Å². The van der Waals surface area contributed by atoms with Gasteiger partial charge in [0.25, 0.3) is 0 Å². The van der Waals surface area contributed by atoms with Gasteiger partial charge in [0.1, 0.15) is 16.4 Å². The summed E-state index contributed by atoms with van der Waals surface area (Å²) in [5.41, 5.74) is 2.78. The van der Waals surface area contributed by atoms with Crippen molar-refractivity contribution in [2.24, 2.45) is 0 Å². The van der Waals surface area contributed by atoms with Crippen LogP contribution in [0.1, 0.15) is 11.1 Å². The molecule has 1 heterocycles. The molecular weight excluding hydrogens is 401 g/mol. The van der Waals surface area contributed by atoms with Gasteiger partial charge < -0.3 is 0 Å². The van der Waals surface area contributed by atoms with Gasteiger partial charge in [-0.25, -0.2) is 17.5 Å². The quantitative estimate of drug-likeness (QED) is 0.486. The fraction of sp³-hybridized carbons (Fsp3) is 0.0870. The lowest BCUT2D eigenvalue weighted by Crippen LogP contribution is -2.23. The van der Waals surface area contributed by atoms with Gasteiger partial charge in [-0.15, -0.1) is 0 Å². The summed E-state index contributed by atoms with van der Waals surface area (Å²) in [5, 5.41) is 4.56. The van der Waals surface area contributed by atoms with E-state index in [2.05, 4.69) is 9.82 Å². The van der Waals surface area contributed by atoms with Crippen molar-refractivity contribution in [1.82, 2.24) is 14.5 Å². The molecule has 1 aromatic heterocycles. The van der Waals surface area contributed by atoms with Crippen LogP contribution < -0.4 is 4.72 Å². The summed E-state index contributed by atoms with van der Waals surface area (Å²) in [5.74, 6) is -0.366. The van der Waals surface area contributed by atoms with Gasteiger partial charge >= 0.3 is 0 Å². The number of halogens is 1. The summed E-state index contributed by atoms with van der Waals surface area (Å²) in [6.45, 7) is 0.509. The molecule has 0 unspecified atom stereocenters. The van der Waals surface area contributed by atoms with Crippen molar-refractivity contribution < 1.29 is 12.8 Å². The number of hydrogen-bond acceptors (Lipinski definition) is 3. The molecule has 152 valence electrons. The number of aromatic nitrogens is 2. The molecule has 0 bridgehead atoms. The van der Waals surface area contributed by atoms with Gasteiger partial charge in [0.15, 0.2) is 0 Å². The molecule has 4 aromatic rings. The summed E-state index contributed by atoms with van der Waals surface area (Å²) in [7, 11) is -3.85. The third-order valence-electron chi connectivity index (χ3n) is 4.63. The monoisotopic (exact) mass is 421 g/mol. The van der Waals surface area contributed by atoms with Crippen LogP contribution in [-0.4, -0.2) is 18.2 Å². The van der Waals surface area contributed by atoms with E-state index in [0.717, 1.165) is 5.56 Å². The van der Waals surface area contributed by atoms with Crippen molar-refractivity contribution in [3.05, 3.63) is 108 Å². The van der Waals surface area contributed by atoms with E-state index < -0.39 is 10.0 Å². The van der Waals surface area contributed by atoms with E-state index in [1.165, 1.54) is 12.1 Å². The molecule has 0 saturated carbocycles. The lowest BCUT2D eigenvalue weighted by molar-refractivity contribution is 0.581. The highest BCUT2D eigenvalue weighted by molar-refractivity contribution is 7.89. The molecule has 0 saturated heterocycles. The largest absolute Gasteiger partial charge is 0.266 e. The van der Waals surface area contributed by atoms with Gasteiger partial charge in [-0.3, -0.25) is 4.68 Å². The van der Waals surface area contributed by atoms with Crippen LogP contribution in [0.15, 0.2) is 96.0 Å². The first-order chi connectivity index (χ1) is 14.5. The lowest BCUT2D eigenvalue weighted by Gasteiger charge is -2.07. The molecule has 3 aromatic carbocycles. The zero-order chi connectivity index (χ0) is 21.0. The Balaban J connectivity index is 1.66. The molecule has 0 atom stereocenters. The first kappa shape index (κ1) is 20.0. The van der Waals surface area contributed by atoms with Crippen molar-refractivity contribution in [3.63, 3.8) is 0 Å². The van der Waals surface area contributed by atoms with Crippen molar-refractivity contribution in [2.45, 2.75) is 18.0 Å². The SMILES string of the molecule is O=S(=O)(NCc1ccc(F)cc1)c1cn(Cc2ccccc2)nc1-c1ccccc1. The smallest absolute Gasteiger partial charge is 0.244 e. The van der Waals surface area contributed by atoms with Crippen molar-refractivity contribution >= 4 is 10.0 Å². The second kappa shape index (κ2) is 8.61. The minimum atomic E-state index is -3.85. The summed E-state index contributed by atoms with van der Waals surface area (Å²) in [4.78, 5) is 0.103. The zero-order valence-corrected chi connectivity index (χ0v) is 16.9. The maximum Gasteiger partial charge on any atom is 0.244 e. The van der Waals surface area contributed by atoms with Gasteiger partial charge in [-0.2, -0.15) is 5.10 Å². The predicted molar refractivity (Wildman–Crippen MR) is 114 cm³/mol. The fourth-order valence-corrected chi connectivity index (χ4v) is 4.29. The van der Waals surface area contributed by atoms with E-state index in [0.29, 0.717) is 23.4 Å². The number of rotatable bonds is 7. The molecule has 0 amide bonds. The molecule has 0 aliphatic carbocycles. The van der Waals surface area contributed by atoms with Gasteiger partial charge in [0, 0.05) is 18.3 Å². The van der Waals surface area contributed by atoms with E-state index >= 15 is 0 Å². The molecule has 4 rings (SSSR count). The first-order valence-corrected chi connectivity index (χ1v) is 10.9. The van der Waals surface area contributed by atoms with Crippen LogP contribution in [0.4, 0.5) is 4.39 Å². The van der Waals surface area contributed by atoms with E-state index in [-0.39, 0.29) is 17.3 Å². The molecule has 30 heavy (non-hydrogen) atoms. The second-order valence-corrected chi connectivity index (χ2v) is 8.58. The van der Waals surface area contributed by atoms with Gasteiger partial charge in [0.05, 0.1) is 6.54 Å². The highest BCUT2D eigenvalue weighted by Crippen LogP contribution is 2.26. The first-order valence-electron chi connectivity index (χ1n) is 9.42. The van der Waals surface area contributed by atoms with Crippen LogP contribution in [0.5, 0.6) is 0 Å². The van der Waals surface area contributed by atoms with Crippen LogP contribution in [0, 0.1) is 5.82 Å². The highest BCUT2D eigenvalue weighted by atomic mass is 32.2. The van der Waals surface area contributed by atoms with Crippen molar-refractivity contribution in [2.75, 3.05) is 0 Å². The zero-order valence-electron chi connectivity index (χ0n) is 16.1. The Bertz CT molecular complexity index is 1220. The summed E-state index contributed by atoms with van der Waals surface area (Å²) in [6.07, 6.45) is 1.54. The second-order valence-electron chi connectivity index (χ2n) is 6.84. The number of benzene rings is 3. The Morgan fingerprint density at radius 2 is 1.47 bits per heavy atom. The third-order valence-corrected chi connectivity index (χ3v) is 6.03. The van der Waals surface area contributed by atoms with Crippen LogP contribution in [0.2, 0.25) is 0 Å². The molecule has 0 radical (unpaired) electrons. The minimum Gasteiger partial charge on any atom is -0.266 e. The number of hydrogen-bond donors (Lipinski definition) is 1. The lowest BCUT2D eigenvalue weighted by atomic mass is 10.2. The number of sulfonamides is 1. The fourth-order valence-electron chi connectivity index (χ4n) is 3.11. The van der Waals surface area contributed by atoms with Crippen molar-refractivity contribution in [1.29, 1.82) is 0 Å². The molecule has 0 fully saturated rings. The normalized spacial score (nSPS) is 11.5. The van der Waals surface area contributed by atoms with E-state index in [1.807, 2.05) is 60.7 Å². The average molecular weight is 421 g/mol. The van der Waals surface area contributed by atoms with Crippen molar-refractivity contribution in [3.8, 4) is 11.3 Å². The molecule has 0 aliphatic heterocycles. The Morgan fingerprint density at radius 1 is 0.833 bits per heavy atom. The van der Waals surface area contributed by atoms with Crippen LogP contribution in [0.3, 0.4) is 0 Å². The Labute approximate surface area is 174 Å². The van der Waals surface area contributed by atoms with E-state index in [4.69, 9.17) is 0 Å². The number of nitrogens with zero attached hydrogens (tertiary/aromatic N) is 2. The molecule has 5 nitrogen and oxygen atoms in total. The Morgan fingerprint density at radius 3 is 2.13 bits per heavy atom. The summed E-state index contributed by atoms with van der Waals surface area (Å²) >= 11 is 0. The molecule has 0 aliphatic rings. The maximum absolute atomic E-state index is 13.1. The van der Waals surface area contributed by atoms with E-state index in [9.17, 15) is 12.8 Å². The highest BCUT2D eigenvalue weighted by Gasteiger charge is 2.23. The third kappa shape index (κ3) is 4.64. The van der Waals surface area contributed by atoms with Gasteiger partial charge in [-0.1, -0.05) is 72.8 Å². The minimum absolute atomic E-state index is 0.0563. The number of nitrogens with one attached hydrogen (secondary N) is 1. The van der Waals surface area contributed by atoms with Gasteiger partial charge in [0.2, 0.25) is 10.0 Å².